The molecule has 7 nitrogen and oxygen atoms in total. The van der Waals surface area contributed by atoms with Crippen LogP contribution in [0.5, 0.6) is 5.75 Å². The Morgan fingerprint density at radius 2 is 1.51 bits per heavy atom. The van der Waals surface area contributed by atoms with Gasteiger partial charge in [0.25, 0.3) is 0 Å². The molecule has 0 radical (unpaired) electrons. The summed E-state index contributed by atoms with van der Waals surface area (Å²) in [6, 6.07) is 27.5. The van der Waals surface area contributed by atoms with Crippen LogP contribution >= 0.6 is 23.4 Å². The number of carbonyl (C=O) groups excluding carboxylic acids is 1. The van der Waals surface area contributed by atoms with Crippen LogP contribution in [-0.2, 0) is 4.79 Å². The van der Waals surface area contributed by atoms with E-state index in [0.29, 0.717) is 34.8 Å². The Morgan fingerprint density at radius 1 is 0.892 bits per heavy atom. The van der Waals surface area contributed by atoms with E-state index >= 15 is 0 Å². The van der Waals surface area contributed by atoms with Gasteiger partial charge in [0.05, 0.1) is 10.8 Å². The van der Waals surface area contributed by atoms with Crippen LogP contribution in [0.2, 0.25) is 5.02 Å². The number of ether oxygens (including phenoxy) is 1. The van der Waals surface area contributed by atoms with Gasteiger partial charge in [-0.25, -0.2) is 0 Å². The van der Waals surface area contributed by atoms with Gasteiger partial charge in [-0.3, -0.25) is 9.36 Å². The molecule has 1 saturated heterocycles. The highest BCUT2D eigenvalue weighted by molar-refractivity contribution is 7.99. The number of thioether (sulfide) groups is 1. The van der Waals surface area contributed by atoms with Gasteiger partial charge < -0.3 is 14.5 Å². The van der Waals surface area contributed by atoms with Crippen molar-refractivity contribution < 1.29 is 9.53 Å². The Kier molecular flexibility index (Phi) is 7.96. The second kappa shape index (κ2) is 11.7. The molecule has 190 valence electrons. The molecule has 0 saturated carbocycles. The maximum atomic E-state index is 13.1. The number of halogens is 1. The van der Waals surface area contributed by atoms with Crippen molar-refractivity contribution in [1.82, 2.24) is 19.7 Å². The van der Waals surface area contributed by atoms with Gasteiger partial charge in [0.2, 0.25) is 5.91 Å². The fourth-order valence-corrected chi connectivity index (χ4v) is 5.35. The normalized spacial score (nSPS) is 14.4. The SMILES string of the molecule is CC(Oc1ccccc1Cl)c1nnc(SCC(=O)N2CCN(c3ccccc3)CC2)n1-c1ccccc1. The predicted molar refractivity (Wildman–Crippen MR) is 148 cm³/mol. The highest BCUT2D eigenvalue weighted by atomic mass is 35.5. The van der Waals surface area contributed by atoms with E-state index in [9.17, 15) is 4.79 Å². The second-order valence-corrected chi connectivity index (χ2v) is 10.0. The summed E-state index contributed by atoms with van der Waals surface area (Å²) in [4.78, 5) is 17.3. The molecular formula is C28H28ClN5O2S. The Morgan fingerprint density at radius 3 is 2.19 bits per heavy atom. The van der Waals surface area contributed by atoms with Crippen molar-refractivity contribution >= 4 is 35.0 Å². The number of piperazine rings is 1. The topological polar surface area (TPSA) is 63.5 Å². The molecule has 1 atom stereocenters. The molecule has 5 rings (SSSR count). The summed E-state index contributed by atoms with van der Waals surface area (Å²) in [5.74, 6) is 1.61. The van der Waals surface area contributed by atoms with E-state index in [1.54, 1.807) is 6.07 Å². The average Bonchev–Trinajstić information content (AvgIpc) is 3.38. The van der Waals surface area contributed by atoms with Gasteiger partial charge in [0.1, 0.15) is 5.75 Å². The van der Waals surface area contributed by atoms with Crippen molar-refractivity contribution in [2.24, 2.45) is 0 Å². The Bertz CT molecular complexity index is 1330. The molecule has 1 aliphatic heterocycles. The zero-order chi connectivity index (χ0) is 25.6. The van der Waals surface area contributed by atoms with Gasteiger partial charge in [-0.2, -0.15) is 0 Å². The lowest BCUT2D eigenvalue weighted by atomic mass is 10.2. The molecule has 0 bridgehead atoms. The first-order valence-electron chi connectivity index (χ1n) is 12.2. The first-order valence-corrected chi connectivity index (χ1v) is 13.6. The molecule has 0 spiro atoms. The quantitative estimate of drug-likeness (QED) is 0.279. The smallest absolute Gasteiger partial charge is 0.233 e. The summed E-state index contributed by atoms with van der Waals surface area (Å²) in [7, 11) is 0. The molecule has 3 aromatic carbocycles. The van der Waals surface area contributed by atoms with E-state index in [1.165, 1.54) is 17.4 Å². The fraction of sp³-hybridized carbons (Fsp3) is 0.250. The van der Waals surface area contributed by atoms with Crippen LogP contribution in [0, 0.1) is 0 Å². The van der Waals surface area contributed by atoms with E-state index in [-0.39, 0.29) is 11.7 Å². The number of benzene rings is 3. The molecule has 0 aliphatic carbocycles. The van der Waals surface area contributed by atoms with Crippen molar-refractivity contribution in [3.05, 3.63) is 95.8 Å². The molecule has 4 aromatic rings. The number of nitrogens with zero attached hydrogens (tertiary/aromatic N) is 5. The number of anilines is 1. The van der Waals surface area contributed by atoms with Crippen molar-refractivity contribution in [3.63, 3.8) is 0 Å². The molecule has 0 N–H and O–H groups in total. The summed E-state index contributed by atoms with van der Waals surface area (Å²) in [5.41, 5.74) is 2.10. The van der Waals surface area contributed by atoms with Crippen molar-refractivity contribution in [3.8, 4) is 11.4 Å². The number of carbonyl (C=O) groups is 1. The van der Waals surface area contributed by atoms with Gasteiger partial charge in [-0.05, 0) is 43.3 Å². The van der Waals surface area contributed by atoms with Gasteiger partial charge in [0, 0.05) is 37.6 Å². The molecule has 1 unspecified atom stereocenters. The van der Waals surface area contributed by atoms with E-state index in [0.717, 1.165) is 18.8 Å². The summed E-state index contributed by atoms with van der Waals surface area (Å²) >= 11 is 7.69. The number of para-hydroxylation sites is 3. The van der Waals surface area contributed by atoms with Gasteiger partial charge >= 0.3 is 0 Å². The van der Waals surface area contributed by atoms with Gasteiger partial charge in [0.15, 0.2) is 17.1 Å². The Hall–Kier alpha value is -3.49. The number of hydrogen-bond acceptors (Lipinski definition) is 6. The Labute approximate surface area is 226 Å². The molecule has 1 amide bonds. The molecule has 1 fully saturated rings. The first kappa shape index (κ1) is 25.2. The lowest BCUT2D eigenvalue weighted by molar-refractivity contribution is -0.128. The van der Waals surface area contributed by atoms with Crippen molar-refractivity contribution in [1.29, 1.82) is 0 Å². The predicted octanol–water partition coefficient (Wildman–Crippen LogP) is 5.50. The molecular weight excluding hydrogens is 506 g/mol. The Balaban J connectivity index is 1.28. The van der Waals surface area contributed by atoms with Crippen LogP contribution in [0.3, 0.4) is 0 Å². The van der Waals surface area contributed by atoms with Gasteiger partial charge in [-0.1, -0.05) is 71.9 Å². The maximum absolute atomic E-state index is 13.1. The fourth-order valence-electron chi connectivity index (χ4n) is 4.31. The zero-order valence-electron chi connectivity index (χ0n) is 20.5. The minimum Gasteiger partial charge on any atom is -0.481 e. The third-order valence-corrected chi connectivity index (χ3v) is 7.48. The molecule has 1 aliphatic rings. The highest BCUT2D eigenvalue weighted by Crippen LogP contribution is 2.31. The van der Waals surface area contributed by atoms with Crippen LogP contribution in [-0.4, -0.2) is 57.5 Å². The molecule has 9 heteroatoms. The van der Waals surface area contributed by atoms with Gasteiger partial charge in [-0.15, -0.1) is 10.2 Å². The molecule has 37 heavy (non-hydrogen) atoms. The average molecular weight is 534 g/mol. The van der Waals surface area contributed by atoms with E-state index in [4.69, 9.17) is 16.3 Å². The van der Waals surface area contributed by atoms with Crippen molar-refractivity contribution in [2.45, 2.75) is 18.2 Å². The zero-order valence-corrected chi connectivity index (χ0v) is 22.1. The maximum Gasteiger partial charge on any atom is 0.233 e. The summed E-state index contributed by atoms with van der Waals surface area (Å²) in [5, 5.41) is 10.1. The number of rotatable bonds is 8. The van der Waals surface area contributed by atoms with Crippen molar-refractivity contribution in [2.75, 3.05) is 36.8 Å². The largest absolute Gasteiger partial charge is 0.481 e. The summed E-state index contributed by atoms with van der Waals surface area (Å²) in [6.07, 6.45) is -0.413. The van der Waals surface area contributed by atoms with E-state index in [2.05, 4.69) is 27.2 Å². The standard InChI is InChI=1S/C28H28ClN5O2S/c1-21(36-25-15-9-8-14-24(25)29)27-30-31-28(34(27)23-12-6-3-7-13-23)37-20-26(35)33-18-16-32(17-19-33)22-10-4-2-5-11-22/h2-15,21H,16-20H2,1H3. The summed E-state index contributed by atoms with van der Waals surface area (Å²) < 4.78 is 8.08. The van der Waals surface area contributed by atoms with E-state index in [1.807, 2.05) is 83.1 Å². The molecule has 2 heterocycles. The minimum atomic E-state index is -0.413. The highest BCUT2D eigenvalue weighted by Gasteiger charge is 2.25. The lowest BCUT2D eigenvalue weighted by Gasteiger charge is -2.36. The summed E-state index contributed by atoms with van der Waals surface area (Å²) in [6.45, 7) is 4.96. The van der Waals surface area contributed by atoms with Crippen LogP contribution < -0.4 is 9.64 Å². The number of hydrogen-bond donors (Lipinski definition) is 0. The monoisotopic (exact) mass is 533 g/mol. The lowest BCUT2D eigenvalue weighted by Crippen LogP contribution is -2.49. The van der Waals surface area contributed by atoms with Crippen LogP contribution in [0.25, 0.3) is 5.69 Å². The van der Waals surface area contributed by atoms with Crippen LogP contribution in [0.15, 0.2) is 90.1 Å². The second-order valence-electron chi connectivity index (χ2n) is 8.69. The minimum absolute atomic E-state index is 0.0993. The third kappa shape index (κ3) is 5.92. The third-order valence-electron chi connectivity index (χ3n) is 6.26. The van der Waals surface area contributed by atoms with Crippen LogP contribution in [0.1, 0.15) is 18.9 Å². The number of aromatic nitrogens is 3. The van der Waals surface area contributed by atoms with E-state index < -0.39 is 6.10 Å². The number of amides is 1. The first-order chi connectivity index (χ1) is 18.1. The molecule has 1 aromatic heterocycles. The van der Waals surface area contributed by atoms with Crippen LogP contribution in [0.4, 0.5) is 5.69 Å².